The van der Waals surface area contributed by atoms with Crippen molar-refractivity contribution in [3.8, 4) is 0 Å². The number of hydrogen-bond donors (Lipinski definition) is 1. The molecule has 6 nitrogen and oxygen atoms in total. The van der Waals surface area contributed by atoms with Gasteiger partial charge in [-0.1, -0.05) is 0 Å². The Balaban J connectivity index is 1.32. The second kappa shape index (κ2) is 5.31. The highest BCUT2D eigenvalue weighted by atomic mass is 32.1. The van der Waals surface area contributed by atoms with Gasteiger partial charge < -0.3 is 4.90 Å². The number of nitrogens with zero attached hydrogens (tertiary/aromatic N) is 4. The summed E-state index contributed by atoms with van der Waals surface area (Å²) in [5.74, 6) is 1.77. The summed E-state index contributed by atoms with van der Waals surface area (Å²) >= 11 is 1.44. The summed E-state index contributed by atoms with van der Waals surface area (Å²) in [5, 5.41) is 5.39. The maximum Gasteiger partial charge on any atom is 0.323 e. The van der Waals surface area contributed by atoms with Gasteiger partial charge in [-0.2, -0.15) is 0 Å². The van der Waals surface area contributed by atoms with E-state index in [2.05, 4.69) is 20.3 Å². The van der Waals surface area contributed by atoms with Crippen molar-refractivity contribution in [3.63, 3.8) is 0 Å². The third kappa shape index (κ3) is 2.68. The van der Waals surface area contributed by atoms with Crippen LogP contribution in [-0.2, 0) is 0 Å². The predicted octanol–water partition coefficient (Wildman–Crippen LogP) is 2.75. The number of amides is 2. The zero-order valence-electron chi connectivity index (χ0n) is 12.3. The fourth-order valence-electron chi connectivity index (χ4n) is 2.58. The van der Waals surface area contributed by atoms with Crippen LogP contribution in [0.5, 0.6) is 0 Å². The fraction of sp³-hybridized carbons (Fsp3) is 0.467. The van der Waals surface area contributed by atoms with E-state index in [0.29, 0.717) is 24.1 Å². The van der Waals surface area contributed by atoms with Gasteiger partial charge in [0.25, 0.3) is 0 Å². The zero-order chi connectivity index (χ0) is 15.1. The van der Waals surface area contributed by atoms with E-state index in [9.17, 15) is 4.79 Å². The first kappa shape index (κ1) is 13.6. The standard InChI is InChI=1S/C15H17N5OS/c1-9-8-22-14(18-9)19-15(21)20-6-12(7-20)13-16-4-11(5-17-13)10-2-3-10/h4-5,8,10,12H,2-3,6-7H2,1H3,(H,18,19,21). The summed E-state index contributed by atoms with van der Waals surface area (Å²) in [6.07, 6.45) is 6.41. The summed E-state index contributed by atoms with van der Waals surface area (Å²) < 4.78 is 0. The van der Waals surface area contributed by atoms with Gasteiger partial charge in [-0.25, -0.2) is 19.7 Å². The molecule has 0 bridgehead atoms. The van der Waals surface area contributed by atoms with Gasteiger partial charge in [0, 0.05) is 30.9 Å². The van der Waals surface area contributed by atoms with Crippen molar-refractivity contribution >= 4 is 22.5 Å². The first-order valence-electron chi connectivity index (χ1n) is 7.49. The quantitative estimate of drug-likeness (QED) is 0.945. The summed E-state index contributed by atoms with van der Waals surface area (Å²) in [5.41, 5.74) is 2.17. The van der Waals surface area contributed by atoms with Gasteiger partial charge >= 0.3 is 6.03 Å². The molecule has 114 valence electrons. The van der Waals surface area contributed by atoms with E-state index >= 15 is 0 Å². The van der Waals surface area contributed by atoms with Gasteiger partial charge in [0.1, 0.15) is 5.82 Å². The SMILES string of the molecule is Cc1csc(NC(=O)N2CC(c3ncc(C4CC4)cn3)C2)n1. The third-order valence-corrected chi connectivity index (χ3v) is 4.98. The van der Waals surface area contributed by atoms with Crippen molar-refractivity contribution in [2.45, 2.75) is 31.6 Å². The van der Waals surface area contributed by atoms with Gasteiger partial charge in [-0.05, 0) is 31.2 Å². The molecule has 3 heterocycles. The molecular weight excluding hydrogens is 298 g/mol. The lowest BCUT2D eigenvalue weighted by Crippen LogP contribution is -2.50. The maximum absolute atomic E-state index is 12.1. The number of nitrogens with one attached hydrogen (secondary N) is 1. The molecule has 22 heavy (non-hydrogen) atoms. The second-order valence-corrected chi connectivity index (χ2v) is 6.83. The van der Waals surface area contributed by atoms with Crippen molar-refractivity contribution in [1.82, 2.24) is 19.9 Å². The van der Waals surface area contributed by atoms with E-state index in [1.807, 2.05) is 24.7 Å². The molecule has 1 aliphatic heterocycles. The van der Waals surface area contributed by atoms with Crippen LogP contribution < -0.4 is 5.32 Å². The number of urea groups is 1. The van der Waals surface area contributed by atoms with Gasteiger partial charge in [-0.3, -0.25) is 5.32 Å². The van der Waals surface area contributed by atoms with Crippen LogP contribution in [0.2, 0.25) is 0 Å². The van der Waals surface area contributed by atoms with Crippen LogP contribution in [0.4, 0.5) is 9.93 Å². The molecule has 0 radical (unpaired) electrons. The third-order valence-electron chi connectivity index (χ3n) is 4.11. The fourth-order valence-corrected chi connectivity index (χ4v) is 3.25. The Morgan fingerprint density at radius 1 is 1.27 bits per heavy atom. The lowest BCUT2D eigenvalue weighted by molar-refractivity contribution is 0.160. The number of likely N-dealkylation sites (tertiary alicyclic amines) is 1. The Morgan fingerprint density at radius 3 is 2.59 bits per heavy atom. The lowest BCUT2D eigenvalue weighted by Gasteiger charge is -2.37. The van der Waals surface area contributed by atoms with Crippen molar-refractivity contribution in [3.05, 3.63) is 34.9 Å². The number of hydrogen-bond acceptors (Lipinski definition) is 5. The number of carbonyl (C=O) groups excluding carboxylic acids is 1. The molecule has 0 atom stereocenters. The van der Waals surface area contributed by atoms with Gasteiger partial charge in [0.15, 0.2) is 5.13 Å². The average Bonchev–Trinajstić information content (AvgIpc) is 3.22. The minimum Gasteiger partial charge on any atom is -0.323 e. The molecule has 7 heteroatoms. The minimum absolute atomic E-state index is 0.0970. The van der Waals surface area contributed by atoms with Crippen LogP contribution >= 0.6 is 11.3 Å². The lowest BCUT2D eigenvalue weighted by atomic mass is 10.00. The molecule has 0 unspecified atom stereocenters. The van der Waals surface area contributed by atoms with E-state index in [1.54, 1.807) is 4.90 Å². The molecule has 0 aromatic carbocycles. The molecular formula is C15H17N5OS. The normalized spacial score (nSPS) is 18.1. The Hall–Kier alpha value is -2.02. The van der Waals surface area contributed by atoms with Crippen LogP contribution in [0, 0.1) is 6.92 Å². The maximum atomic E-state index is 12.1. The molecule has 0 spiro atoms. The largest absolute Gasteiger partial charge is 0.323 e. The van der Waals surface area contributed by atoms with E-state index < -0.39 is 0 Å². The summed E-state index contributed by atoms with van der Waals surface area (Å²) in [7, 11) is 0. The summed E-state index contributed by atoms with van der Waals surface area (Å²) in [4.78, 5) is 27.0. The van der Waals surface area contributed by atoms with Crippen LogP contribution in [0.15, 0.2) is 17.8 Å². The molecule has 1 saturated heterocycles. The van der Waals surface area contributed by atoms with E-state index in [-0.39, 0.29) is 11.9 Å². The van der Waals surface area contributed by atoms with Crippen molar-refractivity contribution < 1.29 is 4.79 Å². The van der Waals surface area contributed by atoms with Crippen molar-refractivity contribution in [2.24, 2.45) is 0 Å². The van der Waals surface area contributed by atoms with Crippen LogP contribution in [0.1, 0.15) is 41.8 Å². The number of thiazole rings is 1. The number of rotatable bonds is 3. The Morgan fingerprint density at radius 2 is 2.00 bits per heavy atom. The van der Waals surface area contributed by atoms with Crippen LogP contribution in [0.3, 0.4) is 0 Å². The highest BCUT2D eigenvalue weighted by Crippen LogP contribution is 2.39. The van der Waals surface area contributed by atoms with Gasteiger partial charge in [0.05, 0.1) is 11.6 Å². The molecule has 2 fully saturated rings. The Labute approximate surface area is 132 Å². The van der Waals surface area contributed by atoms with Gasteiger partial charge in [0.2, 0.25) is 0 Å². The highest BCUT2D eigenvalue weighted by Gasteiger charge is 2.34. The molecule has 4 rings (SSSR count). The molecule has 2 aromatic heterocycles. The first-order chi connectivity index (χ1) is 10.7. The summed E-state index contributed by atoms with van der Waals surface area (Å²) in [6.45, 7) is 3.24. The Bertz CT molecular complexity index is 688. The van der Waals surface area contributed by atoms with Crippen molar-refractivity contribution in [2.75, 3.05) is 18.4 Å². The highest BCUT2D eigenvalue weighted by molar-refractivity contribution is 7.13. The molecule has 1 N–H and O–H groups in total. The topological polar surface area (TPSA) is 71.0 Å². The number of aromatic nitrogens is 3. The monoisotopic (exact) mass is 315 g/mol. The Kier molecular flexibility index (Phi) is 3.29. The molecule has 1 saturated carbocycles. The molecule has 2 amide bonds. The van der Waals surface area contributed by atoms with E-state index in [1.165, 1.54) is 29.7 Å². The number of carbonyl (C=O) groups is 1. The van der Waals surface area contributed by atoms with E-state index in [4.69, 9.17) is 0 Å². The van der Waals surface area contributed by atoms with Crippen LogP contribution in [-0.4, -0.2) is 39.0 Å². The summed E-state index contributed by atoms with van der Waals surface area (Å²) in [6, 6.07) is -0.0970. The zero-order valence-corrected chi connectivity index (χ0v) is 13.1. The second-order valence-electron chi connectivity index (χ2n) is 5.97. The molecule has 2 aliphatic rings. The van der Waals surface area contributed by atoms with Crippen molar-refractivity contribution in [1.29, 1.82) is 0 Å². The smallest absolute Gasteiger partial charge is 0.323 e. The predicted molar refractivity (Wildman–Crippen MR) is 84.2 cm³/mol. The average molecular weight is 315 g/mol. The minimum atomic E-state index is -0.0970. The number of aryl methyl sites for hydroxylation is 1. The number of anilines is 1. The van der Waals surface area contributed by atoms with Crippen LogP contribution in [0.25, 0.3) is 0 Å². The van der Waals surface area contributed by atoms with E-state index in [0.717, 1.165) is 11.5 Å². The first-order valence-corrected chi connectivity index (χ1v) is 8.37. The molecule has 2 aromatic rings. The molecule has 1 aliphatic carbocycles. The van der Waals surface area contributed by atoms with Gasteiger partial charge in [-0.15, -0.1) is 11.3 Å².